The number of rotatable bonds is 6. The Labute approximate surface area is 141 Å². The molecule has 0 aliphatic rings. The maximum atomic E-state index is 12.8. The Balaban J connectivity index is 1.87. The van der Waals surface area contributed by atoms with E-state index in [-0.39, 0.29) is 17.6 Å². The van der Waals surface area contributed by atoms with Gasteiger partial charge < -0.3 is 10.6 Å². The molecule has 0 spiro atoms. The molecule has 2 amide bonds. The Kier molecular flexibility index (Phi) is 5.68. The van der Waals surface area contributed by atoms with Gasteiger partial charge in [0.25, 0.3) is 0 Å². The molecule has 2 aromatic rings. The fraction of sp³-hybridized carbons (Fsp3) is 0.263. The van der Waals surface area contributed by atoms with Crippen molar-refractivity contribution in [3.63, 3.8) is 0 Å². The van der Waals surface area contributed by atoms with Crippen LogP contribution in [-0.4, -0.2) is 18.4 Å². The number of carbonyl (C=O) groups excluding carboxylic acids is 2. The fourth-order valence-electron chi connectivity index (χ4n) is 2.10. The third-order valence-corrected chi connectivity index (χ3v) is 3.78. The van der Waals surface area contributed by atoms with Crippen LogP contribution in [0.2, 0.25) is 0 Å². The van der Waals surface area contributed by atoms with Gasteiger partial charge >= 0.3 is 0 Å². The molecule has 0 unspecified atom stereocenters. The summed E-state index contributed by atoms with van der Waals surface area (Å²) in [4.78, 5) is 24.6. The zero-order valence-electron chi connectivity index (χ0n) is 13.8. The summed E-state index contributed by atoms with van der Waals surface area (Å²) >= 11 is 0. The monoisotopic (exact) mass is 328 g/mol. The van der Waals surface area contributed by atoms with Crippen molar-refractivity contribution in [1.29, 1.82) is 0 Å². The van der Waals surface area contributed by atoms with Crippen LogP contribution < -0.4 is 10.6 Å². The molecule has 0 aromatic heterocycles. The molecule has 2 aromatic carbocycles. The molecule has 5 heteroatoms. The number of halogens is 1. The molecule has 0 saturated heterocycles. The van der Waals surface area contributed by atoms with Crippen LogP contribution in [0, 0.1) is 11.2 Å². The largest absolute Gasteiger partial charge is 0.355 e. The summed E-state index contributed by atoms with van der Waals surface area (Å²) < 4.78 is 12.8. The smallest absolute Gasteiger partial charge is 0.239 e. The summed E-state index contributed by atoms with van der Waals surface area (Å²) in [6.45, 7) is 3.55. The van der Waals surface area contributed by atoms with E-state index in [0.29, 0.717) is 18.7 Å². The number of amides is 2. The average Bonchev–Trinajstić information content (AvgIpc) is 2.57. The average molecular weight is 328 g/mol. The van der Waals surface area contributed by atoms with E-state index < -0.39 is 5.41 Å². The highest BCUT2D eigenvalue weighted by Gasteiger charge is 2.35. The lowest BCUT2D eigenvalue weighted by atomic mass is 9.91. The predicted molar refractivity (Wildman–Crippen MR) is 92.0 cm³/mol. The van der Waals surface area contributed by atoms with E-state index in [1.165, 1.54) is 12.1 Å². The third-order valence-electron chi connectivity index (χ3n) is 3.78. The lowest BCUT2D eigenvalue weighted by Crippen LogP contribution is -2.45. The van der Waals surface area contributed by atoms with Crippen molar-refractivity contribution in [3.8, 4) is 0 Å². The summed E-state index contributed by atoms with van der Waals surface area (Å²) in [7, 11) is 0. The Morgan fingerprint density at radius 3 is 2.21 bits per heavy atom. The van der Waals surface area contributed by atoms with E-state index in [0.717, 1.165) is 5.56 Å². The van der Waals surface area contributed by atoms with Gasteiger partial charge in [-0.05, 0) is 50.1 Å². The molecule has 4 nitrogen and oxygen atoms in total. The SMILES string of the molecule is CC(C)(C(=O)NCCc1ccc(F)cc1)C(=O)Nc1ccccc1. The summed E-state index contributed by atoms with van der Waals surface area (Å²) in [5.41, 5.74) is 0.372. The first-order valence-electron chi connectivity index (χ1n) is 7.79. The maximum absolute atomic E-state index is 12.8. The number of hydrogen-bond acceptors (Lipinski definition) is 2. The van der Waals surface area contributed by atoms with Crippen molar-refractivity contribution in [1.82, 2.24) is 5.32 Å². The van der Waals surface area contributed by atoms with Gasteiger partial charge in [0.1, 0.15) is 11.2 Å². The molecular weight excluding hydrogens is 307 g/mol. The van der Waals surface area contributed by atoms with Crippen LogP contribution in [-0.2, 0) is 16.0 Å². The molecule has 2 N–H and O–H groups in total. The van der Waals surface area contributed by atoms with E-state index >= 15 is 0 Å². The number of carbonyl (C=O) groups is 2. The molecule has 0 saturated carbocycles. The Morgan fingerprint density at radius 1 is 0.958 bits per heavy atom. The van der Waals surface area contributed by atoms with E-state index in [1.807, 2.05) is 18.2 Å². The summed E-state index contributed by atoms with van der Waals surface area (Å²) in [6, 6.07) is 15.1. The van der Waals surface area contributed by atoms with E-state index in [9.17, 15) is 14.0 Å². The van der Waals surface area contributed by atoms with Crippen LogP contribution in [0.4, 0.5) is 10.1 Å². The van der Waals surface area contributed by atoms with Crippen molar-refractivity contribution in [2.24, 2.45) is 5.41 Å². The number of benzene rings is 2. The minimum absolute atomic E-state index is 0.290. The molecule has 0 atom stereocenters. The predicted octanol–water partition coefficient (Wildman–Crippen LogP) is 3.15. The van der Waals surface area contributed by atoms with E-state index in [2.05, 4.69) is 10.6 Å². The second kappa shape index (κ2) is 7.73. The Bertz CT molecular complexity index is 697. The van der Waals surface area contributed by atoms with Gasteiger partial charge in [-0.25, -0.2) is 4.39 Å². The third kappa shape index (κ3) is 4.65. The van der Waals surface area contributed by atoms with Gasteiger partial charge in [-0.3, -0.25) is 9.59 Å². The summed E-state index contributed by atoms with van der Waals surface area (Å²) in [5, 5.41) is 5.50. The molecular formula is C19H21FN2O2. The molecule has 0 fully saturated rings. The molecule has 0 radical (unpaired) electrons. The second-order valence-electron chi connectivity index (χ2n) is 6.08. The summed E-state index contributed by atoms with van der Waals surface area (Å²) in [5.74, 6) is -1.01. The van der Waals surface area contributed by atoms with Crippen molar-refractivity contribution in [2.75, 3.05) is 11.9 Å². The second-order valence-corrected chi connectivity index (χ2v) is 6.08. The van der Waals surface area contributed by atoms with Gasteiger partial charge in [-0.15, -0.1) is 0 Å². The molecule has 0 bridgehead atoms. The van der Waals surface area contributed by atoms with Crippen LogP contribution in [0.1, 0.15) is 19.4 Å². The first-order valence-corrected chi connectivity index (χ1v) is 7.79. The first-order chi connectivity index (χ1) is 11.4. The van der Waals surface area contributed by atoms with Crippen LogP contribution in [0.3, 0.4) is 0 Å². The topological polar surface area (TPSA) is 58.2 Å². The van der Waals surface area contributed by atoms with Crippen LogP contribution in [0.15, 0.2) is 54.6 Å². The highest BCUT2D eigenvalue weighted by atomic mass is 19.1. The highest BCUT2D eigenvalue weighted by Crippen LogP contribution is 2.19. The minimum Gasteiger partial charge on any atom is -0.355 e. The Morgan fingerprint density at radius 2 is 1.58 bits per heavy atom. The quantitative estimate of drug-likeness (QED) is 0.800. The molecule has 2 rings (SSSR count). The maximum Gasteiger partial charge on any atom is 0.239 e. The lowest BCUT2D eigenvalue weighted by Gasteiger charge is -2.22. The van der Waals surface area contributed by atoms with Crippen molar-refractivity contribution >= 4 is 17.5 Å². The molecule has 24 heavy (non-hydrogen) atoms. The van der Waals surface area contributed by atoms with Crippen LogP contribution in [0.5, 0.6) is 0 Å². The van der Waals surface area contributed by atoms with Crippen LogP contribution in [0.25, 0.3) is 0 Å². The lowest BCUT2D eigenvalue weighted by molar-refractivity contribution is -0.138. The molecule has 0 heterocycles. The van der Waals surface area contributed by atoms with Gasteiger partial charge in [0, 0.05) is 12.2 Å². The van der Waals surface area contributed by atoms with E-state index in [4.69, 9.17) is 0 Å². The first kappa shape index (κ1) is 17.7. The zero-order chi connectivity index (χ0) is 17.6. The minimum atomic E-state index is -1.20. The highest BCUT2D eigenvalue weighted by molar-refractivity contribution is 6.09. The number of anilines is 1. The van der Waals surface area contributed by atoms with Gasteiger partial charge in [0.15, 0.2) is 0 Å². The number of hydrogen-bond donors (Lipinski definition) is 2. The van der Waals surface area contributed by atoms with E-state index in [1.54, 1.807) is 38.1 Å². The number of para-hydroxylation sites is 1. The van der Waals surface area contributed by atoms with Gasteiger partial charge in [0.05, 0.1) is 0 Å². The van der Waals surface area contributed by atoms with Crippen LogP contribution >= 0.6 is 0 Å². The molecule has 126 valence electrons. The summed E-state index contributed by atoms with van der Waals surface area (Å²) in [6.07, 6.45) is 0.572. The fourth-order valence-corrected chi connectivity index (χ4v) is 2.10. The molecule has 0 aliphatic heterocycles. The normalized spacial score (nSPS) is 11.0. The van der Waals surface area contributed by atoms with Crippen molar-refractivity contribution in [2.45, 2.75) is 20.3 Å². The number of nitrogens with one attached hydrogen (secondary N) is 2. The standard InChI is InChI=1S/C19H21FN2O2/c1-19(2,18(24)22-16-6-4-3-5-7-16)17(23)21-13-12-14-8-10-15(20)11-9-14/h3-11H,12-13H2,1-2H3,(H,21,23)(H,22,24). The van der Waals surface area contributed by atoms with Gasteiger partial charge in [-0.1, -0.05) is 30.3 Å². The zero-order valence-corrected chi connectivity index (χ0v) is 13.8. The van der Waals surface area contributed by atoms with Gasteiger partial charge in [0.2, 0.25) is 11.8 Å². The molecule has 0 aliphatic carbocycles. The van der Waals surface area contributed by atoms with Crippen molar-refractivity contribution < 1.29 is 14.0 Å². The Hall–Kier alpha value is -2.69. The van der Waals surface area contributed by atoms with Crippen molar-refractivity contribution in [3.05, 3.63) is 66.0 Å². The van der Waals surface area contributed by atoms with Gasteiger partial charge in [-0.2, -0.15) is 0 Å².